The molecule has 1 radical (unpaired) electrons. The van der Waals surface area contributed by atoms with Gasteiger partial charge in [0.1, 0.15) is 5.58 Å². The standard InChI is InChI=1S/C32H30NO.C13H20O2.CH3.Ir/c1-20-16-27-24-12-6-7-13-30(24)34-32(27)28(17-20)31-25-15-14-23(21-8-2-3-9-21)18-26(25)29(19-33-31)22-10-4-5-11-22;14-12(10-5-1-2-6-10)9-13(15)11-7-3-4-8-11;;/h6-7,12-16,18-19,21-22H,2-5,8-11H2,1H3;9-11,14H,1-8H2;1H3;/q-1;;-1;/b;12-9-;;. The summed E-state index contributed by atoms with van der Waals surface area (Å²) in [6.45, 7) is 2.12. The van der Waals surface area contributed by atoms with Crippen LogP contribution < -0.4 is 0 Å². The molecule has 271 valence electrons. The fourth-order valence-corrected chi connectivity index (χ4v) is 9.44. The molecule has 0 saturated heterocycles. The van der Waals surface area contributed by atoms with E-state index in [-0.39, 0.29) is 45.2 Å². The quantitative estimate of drug-likeness (QED) is 0.105. The first-order valence-corrected chi connectivity index (χ1v) is 19.2. The smallest absolute Gasteiger partial charge is 0.162 e. The van der Waals surface area contributed by atoms with Crippen molar-refractivity contribution in [1.82, 2.24) is 4.98 Å². The van der Waals surface area contributed by atoms with Crippen LogP contribution in [0.5, 0.6) is 0 Å². The average molecular weight is 860 g/mol. The van der Waals surface area contributed by atoms with Crippen molar-refractivity contribution in [2.45, 2.75) is 121 Å². The number of aryl methyl sites for hydroxylation is 1. The summed E-state index contributed by atoms with van der Waals surface area (Å²) >= 11 is 0. The van der Waals surface area contributed by atoms with Crippen LogP contribution >= 0.6 is 0 Å². The van der Waals surface area contributed by atoms with Crippen molar-refractivity contribution < 1.29 is 34.4 Å². The molecule has 5 aromatic rings. The molecule has 3 aromatic carbocycles. The number of furan rings is 1. The molecule has 0 atom stereocenters. The van der Waals surface area contributed by atoms with Crippen LogP contribution in [0, 0.1) is 32.3 Å². The van der Waals surface area contributed by atoms with Gasteiger partial charge in [-0.15, -0.1) is 17.7 Å². The van der Waals surface area contributed by atoms with Gasteiger partial charge in [0.25, 0.3) is 0 Å². The molecule has 0 amide bonds. The maximum atomic E-state index is 11.8. The summed E-state index contributed by atoms with van der Waals surface area (Å²) in [5.74, 6) is 2.34. The van der Waals surface area contributed by atoms with Crippen LogP contribution in [0.25, 0.3) is 44.0 Å². The number of ketones is 1. The molecule has 4 fully saturated rings. The zero-order chi connectivity index (χ0) is 33.3. The van der Waals surface area contributed by atoms with Crippen molar-refractivity contribution in [1.29, 1.82) is 0 Å². The first kappa shape index (κ1) is 37.5. The number of aliphatic hydroxyl groups is 1. The van der Waals surface area contributed by atoms with E-state index in [0.717, 1.165) is 64.4 Å². The Hall–Kier alpha value is -3.27. The van der Waals surface area contributed by atoms with E-state index in [1.807, 2.05) is 6.07 Å². The summed E-state index contributed by atoms with van der Waals surface area (Å²) in [6.07, 6.45) is 23.2. The number of hydrogen-bond acceptors (Lipinski definition) is 4. The monoisotopic (exact) mass is 860 g/mol. The molecule has 51 heavy (non-hydrogen) atoms. The molecule has 0 spiro atoms. The second-order valence-electron chi connectivity index (χ2n) is 15.4. The molecule has 4 aliphatic rings. The molecule has 1 N–H and O–H groups in total. The van der Waals surface area contributed by atoms with E-state index in [4.69, 9.17) is 9.40 Å². The third-order valence-electron chi connectivity index (χ3n) is 12.2. The number of rotatable bonds is 6. The third-order valence-corrected chi connectivity index (χ3v) is 12.2. The van der Waals surface area contributed by atoms with Crippen molar-refractivity contribution >= 4 is 38.5 Å². The summed E-state index contributed by atoms with van der Waals surface area (Å²) < 4.78 is 6.41. The van der Waals surface area contributed by atoms with Crippen LogP contribution in [0.15, 0.2) is 71.0 Å². The van der Waals surface area contributed by atoms with Gasteiger partial charge >= 0.3 is 0 Å². The van der Waals surface area contributed by atoms with E-state index in [0.29, 0.717) is 17.6 Å². The number of carbonyl (C=O) groups is 1. The van der Waals surface area contributed by atoms with Crippen LogP contribution in [0.1, 0.15) is 131 Å². The second kappa shape index (κ2) is 16.6. The van der Waals surface area contributed by atoms with Crippen molar-refractivity contribution in [3.63, 3.8) is 0 Å². The zero-order valence-corrected chi connectivity index (χ0v) is 32.8. The Morgan fingerprint density at radius 1 is 0.765 bits per heavy atom. The molecule has 2 heterocycles. The largest absolute Gasteiger partial charge is 0.512 e. The number of hydrogen-bond donors (Lipinski definition) is 1. The van der Waals surface area contributed by atoms with Gasteiger partial charge in [-0.25, -0.2) is 0 Å². The van der Waals surface area contributed by atoms with Crippen LogP contribution in [0.4, 0.5) is 0 Å². The number of allylic oxidation sites excluding steroid dienone is 2. The summed E-state index contributed by atoms with van der Waals surface area (Å²) in [4.78, 5) is 16.9. The number of aromatic nitrogens is 1. The molecule has 5 heteroatoms. The van der Waals surface area contributed by atoms with Gasteiger partial charge < -0.3 is 21.9 Å². The number of pyridine rings is 1. The van der Waals surface area contributed by atoms with E-state index in [9.17, 15) is 9.90 Å². The predicted molar refractivity (Wildman–Crippen MR) is 206 cm³/mol. The molecular weight excluding hydrogens is 807 g/mol. The molecule has 4 saturated carbocycles. The fraction of sp³-hybridized carbons (Fsp3) is 0.457. The Kier molecular flexibility index (Phi) is 12.2. The number of para-hydroxylation sites is 1. The zero-order valence-electron chi connectivity index (χ0n) is 30.4. The number of nitrogens with zero attached hydrogens (tertiary/aromatic N) is 1. The topological polar surface area (TPSA) is 63.3 Å². The maximum absolute atomic E-state index is 11.8. The van der Waals surface area contributed by atoms with E-state index >= 15 is 0 Å². The number of benzene rings is 3. The Labute approximate surface area is 317 Å². The van der Waals surface area contributed by atoms with Crippen molar-refractivity contribution in [3.05, 3.63) is 96.7 Å². The molecule has 0 unspecified atom stereocenters. The van der Waals surface area contributed by atoms with Gasteiger partial charge in [0.05, 0.1) is 11.3 Å². The normalized spacial score (nSPS) is 19.0. The summed E-state index contributed by atoms with van der Waals surface area (Å²) in [7, 11) is 0. The first-order chi connectivity index (χ1) is 24.0. The van der Waals surface area contributed by atoms with E-state index < -0.39 is 0 Å². The predicted octanol–water partition coefficient (Wildman–Crippen LogP) is 13.1. The minimum absolute atomic E-state index is 0. The number of carbonyl (C=O) groups excluding carboxylic acids is 1. The van der Waals surface area contributed by atoms with E-state index in [2.05, 4.69) is 61.7 Å². The average Bonchev–Trinajstić information content (AvgIpc) is 3.97. The Morgan fingerprint density at radius 3 is 2.10 bits per heavy atom. The SMILES string of the molecule is Cc1[c-]c(-c2ncc(C3CCCC3)c3cc(C4CCCC4)ccc23)c2oc3ccccc3c2c1.O=C(/C=C(\O)C1CCCC1)C1CCCC1.[CH3-].[Ir]. The molecule has 0 bridgehead atoms. The van der Waals surface area contributed by atoms with Crippen molar-refractivity contribution in [2.75, 3.05) is 0 Å². The van der Waals surface area contributed by atoms with Gasteiger partial charge in [0.2, 0.25) is 0 Å². The van der Waals surface area contributed by atoms with Crippen LogP contribution in [-0.2, 0) is 24.9 Å². The summed E-state index contributed by atoms with van der Waals surface area (Å²) in [5.41, 5.74) is 7.90. The number of aliphatic hydroxyl groups excluding tert-OH is 1. The summed E-state index contributed by atoms with van der Waals surface area (Å²) in [5, 5.41) is 14.8. The fourth-order valence-electron chi connectivity index (χ4n) is 9.44. The first-order valence-electron chi connectivity index (χ1n) is 19.2. The minimum atomic E-state index is 0. The van der Waals surface area contributed by atoms with E-state index in [1.165, 1.54) is 105 Å². The van der Waals surface area contributed by atoms with Crippen LogP contribution in [0.3, 0.4) is 0 Å². The van der Waals surface area contributed by atoms with E-state index in [1.54, 1.807) is 0 Å². The molecule has 0 aliphatic heterocycles. The molecule has 4 aliphatic carbocycles. The number of fused-ring (bicyclic) bond motifs is 4. The Bertz CT molecular complexity index is 2000. The van der Waals surface area contributed by atoms with Crippen LogP contribution in [-0.4, -0.2) is 15.9 Å². The Morgan fingerprint density at radius 2 is 1.39 bits per heavy atom. The van der Waals surface area contributed by atoms with Gasteiger partial charge in [-0.1, -0.05) is 106 Å². The summed E-state index contributed by atoms with van der Waals surface area (Å²) in [6, 6.07) is 21.4. The van der Waals surface area contributed by atoms with Gasteiger partial charge in [-0.05, 0) is 96.9 Å². The van der Waals surface area contributed by atoms with Crippen molar-refractivity contribution in [2.24, 2.45) is 11.8 Å². The molecule has 4 nitrogen and oxygen atoms in total. The van der Waals surface area contributed by atoms with Gasteiger partial charge in [0.15, 0.2) is 5.78 Å². The molecule has 9 rings (SSSR count). The molecule has 2 aromatic heterocycles. The minimum Gasteiger partial charge on any atom is -0.512 e. The van der Waals surface area contributed by atoms with Gasteiger partial charge in [-0.2, -0.15) is 0 Å². The Balaban J connectivity index is 0.000000224. The van der Waals surface area contributed by atoms with Crippen LogP contribution in [0.2, 0.25) is 0 Å². The molecular formula is C46H53IrNO3-2. The van der Waals surface area contributed by atoms with Crippen molar-refractivity contribution in [3.8, 4) is 11.3 Å². The second-order valence-corrected chi connectivity index (χ2v) is 15.4. The third kappa shape index (κ3) is 7.76. The van der Waals surface area contributed by atoms with Gasteiger partial charge in [0, 0.05) is 49.6 Å². The maximum Gasteiger partial charge on any atom is 0.162 e. The van der Waals surface area contributed by atoms with Gasteiger partial charge in [-0.3, -0.25) is 4.79 Å².